The van der Waals surface area contributed by atoms with E-state index in [4.69, 9.17) is 11.6 Å². The average Bonchev–Trinajstić information content (AvgIpc) is 2.70. The average molecular weight is 241 g/mol. The van der Waals surface area contributed by atoms with E-state index in [1.165, 1.54) is 0 Å². The van der Waals surface area contributed by atoms with Crippen molar-refractivity contribution in [2.75, 3.05) is 18.4 Å². The zero-order valence-electron chi connectivity index (χ0n) is 8.66. The number of anilines is 1. The molecule has 16 heavy (non-hydrogen) atoms. The van der Waals surface area contributed by atoms with Crippen LogP contribution >= 0.6 is 11.6 Å². The third-order valence-corrected chi connectivity index (χ3v) is 3.01. The predicted molar refractivity (Wildman–Crippen MR) is 62.5 cm³/mol. The second kappa shape index (κ2) is 4.41. The molecule has 5 heteroatoms. The SMILES string of the molecule is O=C(Nc1ccccc1Cl)C1(O)CCNC1. The van der Waals surface area contributed by atoms with Gasteiger partial charge in [-0.2, -0.15) is 0 Å². The molecule has 1 aromatic rings. The van der Waals surface area contributed by atoms with E-state index in [1.54, 1.807) is 24.3 Å². The number of hydrogen-bond donors (Lipinski definition) is 3. The summed E-state index contributed by atoms with van der Waals surface area (Å²) < 4.78 is 0. The molecule has 1 aromatic carbocycles. The van der Waals surface area contributed by atoms with Gasteiger partial charge >= 0.3 is 0 Å². The molecule has 0 radical (unpaired) electrons. The van der Waals surface area contributed by atoms with Gasteiger partial charge in [-0.15, -0.1) is 0 Å². The highest BCUT2D eigenvalue weighted by atomic mass is 35.5. The summed E-state index contributed by atoms with van der Waals surface area (Å²) in [6.07, 6.45) is 0.420. The molecule has 1 amide bonds. The lowest BCUT2D eigenvalue weighted by molar-refractivity contribution is -0.132. The van der Waals surface area contributed by atoms with E-state index in [0.717, 1.165) is 0 Å². The maximum absolute atomic E-state index is 11.8. The molecule has 0 aliphatic carbocycles. The van der Waals surface area contributed by atoms with E-state index >= 15 is 0 Å². The highest BCUT2D eigenvalue weighted by Gasteiger charge is 2.39. The van der Waals surface area contributed by atoms with Gasteiger partial charge in [0.1, 0.15) is 0 Å². The van der Waals surface area contributed by atoms with Crippen molar-refractivity contribution in [1.29, 1.82) is 0 Å². The Labute approximate surface area is 98.6 Å². The Balaban J connectivity index is 2.10. The molecular formula is C11H13ClN2O2. The number of aliphatic hydroxyl groups is 1. The van der Waals surface area contributed by atoms with Gasteiger partial charge in [0.05, 0.1) is 10.7 Å². The Morgan fingerprint density at radius 1 is 1.50 bits per heavy atom. The number of halogens is 1. The standard InChI is InChI=1S/C11H13ClN2O2/c12-8-3-1-2-4-9(8)14-10(15)11(16)5-6-13-7-11/h1-4,13,16H,5-7H2,(H,14,15). The first-order valence-electron chi connectivity index (χ1n) is 5.11. The summed E-state index contributed by atoms with van der Waals surface area (Å²) in [6.45, 7) is 0.926. The second-order valence-corrected chi connectivity index (χ2v) is 4.30. The Hall–Kier alpha value is -1.10. The van der Waals surface area contributed by atoms with Crippen molar-refractivity contribution >= 4 is 23.2 Å². The van der Waals surface area contributed by atoms with Crippen molar-refractivity contribution in [2.24, 2.45) is 0 Å². The smallest absolute Gasteiger partial charge is 0.257 e. The van der Waals surface area contributed by atoms with Crippen LogP contribution in [-0.4, -0.2) is 29.7 Å². The van der Waals surface area contributed by atoms with E-state index in [0.29, 0.717) is 23.7 Å². The van der Waals surface area contributed by atoms with Crippen molar-refractivity contribution < 1.29 is 9.90 Å². The minimum absolute atomic E-state index is 0.281. The predicted octanol–water partition coefficient (Wildman–Crippen LogP) is 1.00. The fourth-order valence-electron chi connectivity index (χ4n) is 1.67. The van der Waals surface area contributed by atoms with Crippen LogP contribution in [0.5, 0.6) is 0 Å². The molecule has 2 rings (SSSR count). The van der Waals surface area contributed by atoms with Gasteiger partial charge in [-0.05, 0) is 25.1 Å². The number of nitrogens with one attached hydrogen (secondary N) is 2. The molecule has 0 bridgehead atoms. The monoisotopic (exact) mass is 240 g/mol. The van der Waals surface area contributed by atoms with Crippen LogP contribution in [0.2, 0.25) is 5.02 Å². The van der Waals surface area contributed by atoms with Crippen LogP contribution in [0.25, 0.3) is 0 Å². The Kier molecular flexibility index (Phi) is 3.14. The molecular weight excluding hydrogens is 228 g/mol. The van der Waals surface area contributed by atoms with E-state index in [1.807, 2.05) is 0 Å². The zero-order chi connectivity index (χ0) is 11.6. The number of benzene rings is 1. The van der Waals surface area contributed by atoms with Gasteiger partial charge in [0.25, 0.3) is 5.91 Å². The van der Waals surface area contributed by atoms with Crippen LogP contribution in [-0.2, 0) is 4.79 Å². The summed E-state index contributed by atoms with van der Waals surface area (Å²) >= 11 is 5.91. The molecule has 1 saturated heterocycles. The van der Waals surface area contributed by atoms with E-state index in [2.05, 4.69) is 10.6 Å². The van der Waals surface area contributed by atoms with Gasteiger partial charge in [-0.3, -0.25) is 4.79 Å². The number of rotatable bonds is 2. The Morgan fingerprint density at radius 2 is 2.25 bits per heavy atom. The van der Waals surface area contributed by atoms with Crippen LogP contribution in [0, 0.1) is 0 Å². The molecule has 1 unspecified atom stereocenters. The Bertz CT molecular complexity index is 403. The Morgan fingerprint density at radius 3 is 2.88 bits per heavy atom. The molecule has 3 N–H and O–H groups in total. The van der Waals surface area contributed by atoms with Crippen molar-refractivity contribution in [3.05, 3.63) is 29.3 Å². The van der Waals surface area contributed by atoms with Gasteiger partial charge in [-0.1, -0.05) is 23.7 Å². The topological polar surface area (TPSA) is 61.4 Å². The van der Waals surface area contributed by atoms with Gasteiger partial charge in [-0.25, -0.2) is 0 Å². The highest BCUT2D eigenvalue weighted by Crippen LogP contribution is 2.23. The molecule has 1 heterocycles. The molecule has 1 atom stereocenters. The van der Waals surface area contributed by atoms with Crippen LogP contribution in [0.4, 0.5) is 5.69 Å². The number of hydrogen-bond acceptors (Lipinski definition) is 3. The molecule has 86 valence electrons. The first-order chi connectivity index (χ1) is 7.62. The van der Waals surface area contributed by atoms with Crippen molar-refractivity contribution in [2.45, 2.75) is 12.0 Å². The number of carbonyl (C=O) groups is 1. The third-order valence-electron chi connectivity index (χ3n) is 2.68. The number of carbonyl (C=O) groups excluding carboxylic acids is 1. The van der Waals surface area contributed by atoms with Gasteiger partial charge in [0.2, 0.25) is 0 Å². The minimum Gasteiger partial charge on any atom is -0.379 e. The van der Waals surface area contributed by atoms with Crippen LogP contribution < -0.4 is 10.6 Å². The second-order valence-electron chi connectivity index (χ2n) is 3.89. The summed E-state index contributed by atoms with van der Waals surface area (Å²) in [6, 6.07) is 6.95. The van der Waals surface area contributed by atoms with Gasteiger partial charge in [0.15, 0.2) is 5.60 Å². The van der Waals surface area contributed by atoms with Crippen LogP contribution in [0.3, 0.4) is 0 Å². The summed E-state index contributed by atoms with van der Waals surface area (Å²) in [5.74, 6) is -0.411. The molecule has 1 aliphatic rings. The maximum atomic E-state index is 11.8. The molecule has 1 fully saturated rings. The lowest BCUT2D eigenvalue weighted by Gasteiger charge is -2.20. The van der Waals surface area contributed by atoms with E-state index < -0.39 is 11.5 Å². The van der Waals surface area contributed by atoms with Gasteiger partial charge in [0, 0.05) is 6.54 Å². The summed E-state index contributed by atoms with van der Waals surface area (Å²) in [5.41, 5.74) is -0.798. The van der Waals surface area contributed by atoms with Crippen LogP contribution in [0.1, 0.15) is 6.42 Å². The first kappa shape index (κ1) is 11.4. The largest absolute Gasteiger partial charge is 0.379 e. The number of amides is 1. The molecule has 4 nitrogen and oxygen atoms in total. The highest BCUT2D eigenvalue weighted by molar-refractivity contribution is 6.33. The van der Waals surface area contributed by atoms with Crippen molar-refractivity contribution in [1.82, 2.24) is 5.32 Å². The van der Waals surface area contributed by atoms with Crippen molar-refractivity contribution in [3.63, 3.8) is 0 Å². The molecule has 0 aromatic heterocycles. The van der Waals surface area contributed by atoms with Gasteiger partial charge < -0.3 is 15.7 Å². The zero-order valence-corrected chi connectivity index (χ0v) is 9.42. The molecule has 1 aliphatic heterocycles. The third kappa shape index (κ3) is 2.19. The normalized spacial score (nSPS) is 24.4. The number of β-amino-alcohol motifs (C(OH)–C–C–N with tert-alkyl or cyclic N) is 1. The molecule has 0 saturated carbocycles. The van der Waals surface area contributed by atoms with E-state index in [-0.39, 0.29) is 6.54 Å². The minimum atomic E-state index is -1.32. The quantitative estimate of drug-likeness (QED) is 0.723. The summed E-state index contributed by atoms with van der Waals surface area (Å²) in [5, 5.41) is 16.0. The lowest BCUT2D eigenvalue weighted by atomic mass is 10.0. The van der Waals surface area contributed by atoms with E-state index in [9.17, 15) is 9.90 Å². The van der Waals surface area contributed by atoms with Crippen LogP contribution in [0.15, 0.2) is 24.3 Å². The number of para-hydroxylation sites is 1. The molecule has 0 spiro atoms. The van der Waals surface area contributed by atoms with Crippen molar-refractivity contribution in [3.8, 4) is 0 Å². The fourth-order valence-corrected chi connectivity index (χ4v) is 1.86. The fraction of sp³-hybridized carbons (Fsp3) is 0.364. The first-order valence-corrected chi connectivity index (χ1v) is 5.49. The summed E-state index contributed by atoms with van der Waals surface area (Å²) in [4.78, 5) is 11.8. The lowest BCUT2D eigenvalue weighted by Crippen LogP contribution is -2.44. The summed E-state index contributed by atoms with van der Waals surface area (Å²) in [7, 11) is 0. The maximum Gasteiger partial charge on any atom is 0.257 e.